The summed E-state index contributed by atoms with van der Waals surface area (Å²) in [6.45, 7) is 12.8. The maximum absolute atomic E-state index is 14.0. The number of unbranched alkanes of at least 4 members (excludes halogenated alkanes) is 1. The molecule has 2 heterocycles. The Morgan fingerprint density at radius 2 is 1.86 bits per heavy atom. The number of carbonyl (C=O) groups excluding carboxylic acids is 2. The van der Waals surface area contributed by atoms with Crippen molar-refractivity contribution in [3.05, 3.63) is 71.1 Å². The number of nitrogens with zero attached hydrogens (tertiary/aromatic N) is 2. The van der Waals surface area contributed by atoms with Crippen LogP contribution in [0.15, 0.2) is 65.4 Å². The number of allylic oxidation sites excluding steroid dienone is 1. The van der Waals surface area contributed by atoms with E-state index < -0.39 is 5.54 Å². The first kappa shape index (κ1) is 26.9. The standard InChI is InChI=1S/C29H39N3O2S/c1-6-10-17-23(14-7-2)30-28(34)29(5)21-31-25(22-15-12-11-13-16-22)18-19-26(31)27(33)32(29)20-24(8-3)35-9-4/h8-9,11-13,15-16,18-19,23H,4,6-7,10,14,17,20-21H2,1-3,5H3,(H,30,34)/b24-8-. The SMILES string of the molecule is C=CS/C(=C\C)CN1C(=O)c2ccc(-c3ccccc3)n2CC1(C)C(=O)NC(CCC)CCCC. The zero-order valence-corrected chi connectivity index (χ0v) is 22.4. The van der Waals surface area contributed by atoms with Crippen LogP contribution in [0.1, 0.15) is 70.3 Å². The van der Waals surface area contributed by atoms with E-state index >= 15 is 0 Å². The molecule has 3 rings (SSSR count). The Morgan fingerprint density at radius 1 is 1.14 bits per heavy atom. The topological polar surface area (TPSA) is 54.3 Å². The first-order valence-electron chi connectivity index (χ1n) is 12.7. The number of nitrogens with one attached hydrogen (secondary N) is 1. The van der Waals surface area contributed by atoms with E-state index in [1.807, 2.05) is 67.0 Å². The van der Waals surface area contributed by atoms with Gasteiger partial charge in [0, 0.05) is 16.6 Å². The molecule has 0 fully saturated rings. The third-order valence-corrected chi connectivity index (χ3v) is 7.65. The lowest BCUT2D eigenvalue weighted by Crippen LogP contribution is -2.65. The van der Waals surface area contributed by atoms with Crippen molar-refractivity contribution in [1.82, 2.24) is 14.8 Å². The summed E-state index contributed by atoms with van der Waals surface area (Å²) in [6.07, 6.45) is 7.05. The van der Waals surface area contributed by atoms with Gasteiger partial charge in [0.15, 0.2) is 0 Å². The molecular formula is C29H39N3O2S. The quantitative estimate of drug-likeness (QED) is 0.361. The minimum Gasteiger partial charge on any atom is -0.351 e. The van der Waals surface area contributed by atoms with Gasteiger partial charge in [-0.25, -0.2) is 0 Å². The molecule has 0 saturated carbocycles. The van der Waals surface area contributed by atoms with Crippen molar-refractivity contribution in [2.24, 2.45) is 0 Å². The lowest BCUT2D eigenvalue weighted by Gasteiger charge is -2.45. The zero-order valence-electron chi connectivity index (χ0n) is 21.5. The molecule has 2 aromatic rings. The van der Waals surface area contributed by atoms with Crippen molar-refractivity contribution in [3.8, 4) is 11.3 Å². The smallest absolute Gasteiger partial charge is 0.271 e. The number of hydrogen-bond acceptors (Lipinski definition) is 3. The highest BCUT2D eigenvalue weighted by molar-refractivity contribution is 8.05. The predicted octanol–water partition coefficient (Wildman–Crippen LogP) is 6.63. The van der Waals surface area contributed by atoms with Gasteiger partial charge >= 0.3 is 0 Å². The number of amides is 2. The molecule has 2 amide bonds. The molecule has 2 unspecified atom stereocenters. The molecule has 1 aliphatic rings. The second-order valence-corrected chi connectivity index (χ2v) is 10.5. The normalized spacial score (nSPS) is 18.8. The molecule has 0 bridgehead atoms. The maximum Gasteiger partial charge on any atom is 0.271 e. The molecule has 0 aliphatic carbocycles. The molecule has 0 spiro atoms. The van der Waals surface area contributed by atoms with E-state index in [2.05, 4.69) is 25.7 Å². The number of rotatable bonds is 12. The van der Waals surface area contributed by atoms with Crippen molar-refractivity contribution in [2.75, 3.05) is 6.54 Å². The van der Waals surface area contributed by atoms with Gasteiger partial charge in [0.1, 0.15) is 11.2 Å². The van der Waals surface area contributed by atoms with Crippen molar-refractivity contribution >= 4 is 23.6 Å². The van der Waals surface area contributed by atoms with Crippen LogP contribution in [-0.4, -0.2) is 39.4 Å². The Labute approximate surface area is 214 Å². The fraction of sp³-hybridized carbons (Fsp3) is 0.448. The third kappa shape index (κ3) is 5.92. The van der Waals surface area contributed by atoms with Crippen LogP contribution in [-0.2, 0) is 11.3 Å². The highest BCUT2D eigenvalue weighted by Gasteiger charge is 2.48. The minimum atomic E-state index is -1.03. The van der Waals surface area contributed by atoms with Crippen LogP contribution in [0.3, 0.4) is 0 Å². The largest absolute Gasteiger partial charge is 0.351 e. The first-order valence-corrected chi connectivity index (χ1v) is 13.6. The van der Waals surface area contributed by atoms with Crippen LogP contribution in [0.25, 0.3) is 11.3 Å². The average molecular weight is 494 g/mol. The number of benzene rings is 1. The Kier molecular flexibility index (Phi) is 9.44. The highest BCUT2D eigenvalue weighted by Crippen LogP contribution is 2.35. The van der Waals surface area contributed by atoms with E-state index in [1.165, 1.54) is 11.8 Å². The Bertz CT molecular complexity index is 1060. The second-order valence-electron chi connectivity index (χ2n) is 9.36. The summed E-state index contributed by atoms with van der Waals surface area (Å²) in [5.41, 5.74) is 1.58. The molecule has 0 radical (unpaired) electrons. The summed E-state index contributed by atoms with van der Waals surface area (Å²) >= 11 is 1.49. The molecule has 0 saturated heterocycles. The van der Waals surface area contributed by atoms with Crippen molar-refractivity contribution < 1.29 is 9.59 Å². The van der Waals surface area contributed by atoms with Gasteiger partial charge < -0.3 is 14.8 Å². The van der Waals surface area contributed by atoms with Gasteiger partial charge in [-0.2, -0.15) is 0 Å². The van der Waals surface area contributed by atoms with E-state index in [-0.39, 0.29) is 17.9 Å². The maximum atomic E-state index is 14.0. The van der Waals surface area contributed by atoms with E-state index in [4.69, 9.17) is 0 Å². The van der Waals surface area contributed by atoms with Gasteiger partial charge in [-0.1, -0.05) is 76.1 Å². The van der Waals surface area contributed by atoms with Crippen molar-refractivity contribution in [3.63, 3.8) is 0 Å². The van der Waals surface area contributed by atoms with E-state index in [0.29, 0.717) is 18.8 Å². The molecule has 35 heavy (non-hydrogen) atoms. The highest BCUT2D eigenvalue weighted by atomic mass is 32.2. The van der Waals surface area contributed by atoms with Crippen molar-refractivity contribution in [1.29, 1.82) is 0 Å². The van der Waals surface area contributed by atoms with Crippen LogP contribution >= 0.6 is 11.8 Å². The number of aromatic nitrogens is 1. The Hall–Kier alpha value is -2.73. The summed E-state index contributed by atoms with van der Waals surface area (Å²) in [4.78, 5) is 30.6. The van der Waals surface area contributed by atoms with Crippen LogP contribution in [0.4, 0.5) is 0 Å². The van der Waals surface area contributed by atoms with Crippen LogP contribution in [0.5, 0.6) is 0 Å². The average Bonchev–Trinajstić information content (AvgIpc) is 3.28. The van der Waals surface area contributed by atoms with Gasteiger partial charge in [0.25, 0.3) is 5.91 Å². The van der Waals surface area contributed by atoms with Gasteiger partial charge in [-0.15, -0.1) is 11.8 Å². The Balaban J connectivity index is 2.03. The minimum absolute atomic E-state index is 0.0854. The van der Waals surface area contributed by atoms with Crippen LogP contribution < -0.4 is 5.32 Å². The molecule has 1 N–H and O–H groups in total. The number of hydrogen-bond donors (Lipinski definition) is 1. The van der Waals surface area contributed by atoms with Gasteiger partial charge in [0.05, 0.1) is 13.1 Å². The molecule has 1 aromatic carbocycles. The van der Waals surface area contributed by atoms with Gasteiger partial charge in [-0.3, -0.25) is 9.59 Å². The Morgan fingerprint density at radius 3 is 2.49 bits per heavy atom. The first-order chi connectivity index (χ1) is 16.9. The van der Waals surface area contributed by atoms with Crippen LogP contribution in [0, 0.1) is 0 Å². The molecule has 1 aromatic heterocycles. The van der Waals surface area contributed by atoms with Gasteiger partial charge in [-0.05, 0) is 49.8 Å². The van der Waals surface area contributed by atoms with E-state index in [9.17, 15) is 9.59 Å². The molecule has 2 atom stereocenters. The summed E-state index contributed by atoms with van der Waals surface area (Å²) in [5, 5.41) is 5.09. The number of fused-ring (bicyclic) bond motifs is 1. The fourth-order valence-corrected chi connectivity index (χ4v) is 5.32. The van der Waals surface area contributed by atoms with E-state index in [0.717, 1.165) is 48.3 Å². The lowest BCUT2D eigenvalue weighted by molar-refractivity contribution is -0.133. The second kappa shape index (κ2) is 12.3. The molecule has 6 heteroatoms. The molecule has 188 valence electrons. The van der Waals surface area contributed by atoms with Crippen molar-refractivity contribution in [2.45, 2.75) is 77.9 Å². The number of thioether (sulfide) groups is 1. The molecular weight excluding hydrogens is 454 g/mol. The van der Waals surface area contributed by atoms with Crippen LogP contribution in [0.2, 0.25) is 0 Å². The molecule has 1 aliphatic heterocycles. The van der Waals surface area contributed by atoms with E-state index in [1.54, 1.807) is 10.3 Å². The summed E-state index contributed by atoms with van der Waals surface area (Å²) in [6, 6.07) is 14.0. The molecule has 5 nitrogen and oxygen atoms in total. The fourth-order valence-electron chi connectivity index (χ4n) is 4.77. The summed E-state index contributed by atoms with van der Waals surface area (Å²) in [7, 11) is 0. The lowest BCUT2D eigenvalue weighted by atomic mass is 9.93. The number of carbonyl (C=O) groups is 2. The third-order valence-electron chi connectivity index (χ3n) is 6.81. The predicted molar refractivity (Wildman–Crippen MR) is 147 cm³/mol. The van der Waals surface area contributed by atoms with Gasteiger partial charge in [0.2, 0.25) is 5.91 Å². The summed E-state index contributed by atoms with van der Waals surface area (Å²) in [5.74, 6) is -0.210. The summed E-state index contributed by atoms with van der Waals surface area (Å²) < 4.78 is 2.02. The monoisotopic (exact) mass is 493 g/mol. The zero-order chi connectivity index (χ0) is 25.4.